The predicted molar refractivity (Wildman–Crippen MR) is 129 cm³/mol. The SMILES string of the molecule is COc1ccc(-c2cn(-c3ccccc3)nc2C(=O)OCC(=O)NCc2cccs2)cc1OC. The molecule has 0 radical (unpaired) electrons. The number of hydrogen-bond acceptors (Lipinski definition) is 7. The van der Waals surface area contributed by atoms with Crippen LogP contribution in [0.5, 0.6) is 11.5 Å². The Hall–Kier alpha value is -4.11. The van der Waals surface area contributed by atoms with Gasteiger partial charge in [-0.15, -0.1) is 11.3 Å². The van der Waals surface area contributed by atoms with Crippen LogP contribution in [0.3, 0.4) is 0 Å². The van der Waals surface area contributed by atoms with E-state index in [9.17, 15) is 9.59 Å². The smallest absolute Gasteiger partial charge is 0.360 e. The van der Waals surface area contributed by atoms with Gasteiger partial charge in [-0.25, -0.2) is 9.48 Å². The molecule has 0 saturated heterocycles. The Bertz CT molecular complexity index is 1270. The zero-order valence-electron chi connectivity index (χ0n) is 18.7. The third-order valence-electron chi connectivity index (χ3n) is 5.00. The molecule has 0 aliphatic rings. The molecule has 2 aromatic heterocycles. The number of benzene rings is 2. The lowest BCUT2D eigenvalue weighted by Gasteiger charge is -2.09. The molecule has 0 spiro atoms. The largest absolute Gasteiger partial charge is 0.493 e. The average molecular weight is 478 g/mol. The molecule has 2 heterocycles. The van der Waals surface area contributed by atoms with Crippen molar-refractivity contribution in [1.82, 2.24) is 15.1 Å². The number of nitrogens with one attached hydrogen (secondary N) is 1. The van der Waals surface area contributed by atoms with Gasteiger partial charge in [0, 0.05) is 16.6 Å². The highest BCUT2D eigenvalue weighted by molar-refractivity contribution is 7.09. The van der Waals surface area contributed by atoms with E-state index in [2.05, 4.69) is 10.4 Å². The minimum Gasteiger partial charge on any atom is -0.493 e. The number of carbonyl (C=O) groups excluding carboxylic acids is 2. The van der Waals surface area contributed by atoms with Gasteiger partial charge in [0.15, 0.2) is 23.8 Å². The maximum absolute atomic E-state index is 13.0. The molecule has 1 amide bonds. The molecule has 1 N–H and O–H groups in total. The van der Waals surface area contributed by atoms with Gasteiger partial charge >= 0.3 is 5.97 Å². The van der Waals surface area contributed by atoms with Gasteiger partial charge in [0.25, 0.3) is 5.91 Å². The highest BCUT2D eigenvalue weighted by Gasteiger charge is 2.22. The highest BCUT2D eigenvalue weighted by atomic mass is 32.1. The summed E-state index contributed by atoms with van der Waals surface area (Å²) in [5, 5.41) is 9.13. The second-order valence-corrected chi connectivity index (χ2v) is 8.21. The number of nitrogens with zero attached hydrogens (tertiary/aromatic N) is 2. The first-order chi connectivity index (χ1) is 16.6. The van der Waals surface area contributed by atoms with Crippen LogP contribution >= 0.6 is 11.3 Å². The van der Waals surface area contributed by atoms with E-state index < -0.39 is 18.5 Å². The Morgan fingerprint density at radius 3 is 2.50 bits per heavy atom. The summed E-state index contributed by atoms with van der Waals surface area (Å²) in [4.78, 5) is 26.1. The Morgan fingerprint density at radius 1 is 1.00 bits per heavy atom. The molecule has 8 nitrogen and oxygen atoms in total. The minimum atomic E-state index is -0.703. The summed E-state index contributed by atoms with van der Waals surface area (Å²) in [5.74, 6) is -0.0179. The second-order valence-electron chi connectivity index (χ2n) is 7.17. The monoisotopic (exact) mass is 477 g/mol. The van der Waals surface area contributed by atoms with Crippen molar-refractivity contribution in [3.05, 3.63) is 82.8 Å². The van der Waals surface area contributed by atoms with Crippen molar-refractivity contribution in [2.24, 2.45) is 0 Å². The molecule has 0 aliphatic carbocycles. The van der Waals surface area contributed by atoms with E-state index in [1.807, 2.05) is 47.8 Å². The Kier molecular flexibility index (Phi) is 7.24. The molecule has 0 bridgehead atoms. The van der Waals surface area contributed by atoms with Gasteiger partial charge < -0.3 is 19.5 Å². The van der Waals surface area contributed by atoms with Gasteiger partial charge in [-0.2, -0.15) is 5.10 Å². The van der Waals surface area contributed by atoms with E-state index in [0.29, 0.717) is 29.2 Å². The van der Waals surface area contributed by atoms with Gasteiger partial charge in [-0.1, -0.05) is 30.3 Å². The van der Waals surface area contributed by atoms with Gasteiger partial charge in [-0.3, -0.25) is 4.79 Å². The highest BCUT2D eigenvalue weighted by Crippen LogP contribution is 2.34. The van der Waals surface area contributed by atoms with Crippen molar-refractivity contribution in [3.63, 3.8) is 0 Å². The number of esters is 1. The molecule has 2 aromatic carbocycles. The molecule has 34 heavy (non-hydrogen) atoms. The van der Waals surface area contributed by atoms with E-state index in [1.165, 1.54) is 11.3 Å². The minimum absolute atomic E-state index is 0.0853. The Morgan fingerprint density at radius 2 is 1.79 bits per heavy atom. The Labute approximate surface area is 200 Å². The molecule has 174 valence electrons. The third-order valence-corrected chi connectivity index (χ3v) is 5.87. The van der Waals surface area contributed by atoms with Crippen molar-refractivity contribution in [2.45, 2.75) is 6.54 Å². The van der Waals surface area contributed by atoms with E-state index in [1.54, 1.807) is 43.3 Å². The van der Waals surface area contributed by atoms with Crippen molar-refractivity contribution in [1.29, 1.82) is 0 Å². The zero-order valence-corrected chi connectivity index (χ0v) is 19.5. The first-order valence-corrected chi connectivity index (χ1v) is 11.3. The maximum Gasteiger partial charge on any atom is 0.360 e. The zero-order chi connectivity index (χ0) is 23.9. The lowest BCUT2D eigenvalue weighted by atomic mass is 10.1. The fourth-order valence-corrected chi connectivity index (χ4v) is 3.95. The summed E-state index contributed by atoms with van der Waals surface area (Å²) >= 11 is 1.54. The van der Waals surface area contributed by atoms with Crippen LogP contribution in [0.25, 0.3) is 16.8 Å². The first-order valence-electron chi connectivity index (χ1n) is 10.4. The third kappa shape index (κ3) is 5.26. The molecule has 9 heteroatoms. The standard InChI is InChI=1S/C25H23N3O5S/c1-31-21-11-10-17(13-22(21)32-2)20-15-28(18-7-4-3-5-8-18)27-24(20)25(30)33-16-23(29)26-14-19-9-6-12-34-19/h3-13,15H,14,16H2,1-2H3,(H,26,29). The van der Waals surface area contributed by atoms with Gasteiger partial charge in [0.1, 0.15) is 0 Å². The van der Waals surface area contributed by atoms with E-state index in [0.717, 1.165) is 10.6 Å². The molecule has 4 rings (SSSR count). The number of thiophene rings is 1. The second kappa shape index (κ2) is 10.7. The topological polar surface area (TPSA) is 91.7 Å². The van der Waals surface area contributed by atoms with Crippen LogP contribution in [0.1, 0.15) is 15.4 Å². The van der Waals surface area contributed by atoms with Gasteiger partial charge in [0.2, 0.25) is 0 Å². The van der Waals surface area contributed by atoms with Crippen molar-refractivity contribution < 1.29 is 23.8 Å². The number of rotatable bonds is 9. The number of ether oxygens (including phenoxy) is 3. The fraction of sp³-hybridized carbons (Fsp3) is 0.160. The van der Waals surface area contributed by atoms with Crippen LogP contribution in [0.2, 0.25) is 0 Å². The molecule has 4 aromatic rings. The average Bonchev–Trinajstić information content (AvgIpc) is 3.56. The molecule has 0 atom stereocenters. The number of amides is 1. The molecule has 0 aliphatic heterocycles. The van der Waals surface area contributed by atoms with Gasteiger partial charge in [-0.05, 0) is 41.3 Å². The van der Waals surface area contributed by atoms with Crippen molar-refractivity contribution in [2.75, 3.05) is 20.8 Å². The summed E-state index contributed by atoms with van der Waals surface area (Å²) in [5.41, 5.74) is 2.09. The molecule has 0 fully saturated rings. The lowest BCUT2D eigenvalue weighted by molar-refractivity contribution is -0.124. The van der Waals surface area contributed by atoms with Crippen LogP contribution < -0.4 is 14.8 Å². The number of methoxy groups -OCH3 is 2. The number of para-hydroxylation sites is 1. The maximum atomic E-state index is 13.0. The van der Waals surface area contributed by atoms with Crippen LogP contribution in [-0.2, 0) is 16.1 Å². The number of aromatic nitrogens is 2. The summed E-state index contributed by atoms with van der Waals surface area (Å²) in [6.07, 6.45) is 1.74. The van der Waals surface area contributed by atoms with Crippen LogP contribution in [0, 0.1) is 0 Å². The summed E-state index contributed by atoms with van der Waals surface area (Å²) < 4.78 is 17.6. The molecule has 0 unspecified atom stereocenters. The van der Waals surface area contributed by atoms with Crippen molar-refractivity contribution >= 4 is 23.2 Å². The molecular formula is C25H23N3O5S. The molecule has 0 saturated carbocycles. The van der Waals surface area contributed by atoms with E-state index in [-0.39, 0.29) is 5.69 Å². The predicted octanol–water partition coefficient (Wildman–Crippen LogP) is 4.09. The normalized spacial score (nSPS) is 10.5. The Balaban J connectivity index is 1.58. The quantitative estimate of drug-likeness (QED) is 0.365. The summed E-state index contributed by atoms with van der Waals surface area (Å²) in [6, 6.07) is 18.5. The summed E-state index contributed by atoms with van der Waals surface area (Å²) in [6.45, 7) is -0.0264. The summed E-state index contributed by atoms with van der Waals surface area (Å²) in [7, 11) is 3.09. The van der Waals surface area contributed by atoms with E-state index in [4.69, 9.17) is 14.2 Å². The van der Waals surface area contributed by atoms with Crippen LogP contribution in [0.4, 0.5) is 0 Å². The van der Waals surface area contributed by atoms with Crippen LogP contribution in [-0.4, -0.2) is 42.5 Å². The first kappa shape index (κ1) is 23.1. The number of hydrogen-bond donors (Lipinski definition) is 1. The van der Waals surface area contributed by atoms with Crippen LogP contribution in [0.15, 0.2) is 72.2 Å². The van der Waals surface area contributed by atoms with Crippen molar-refractivity contribution in [3.8, 4) is 28.3 Å². The van der Waals surface area contributed by atoms with E-state index >= 15 is 0 Å². The molecular weight excluding hydrogens is 454 g/mol. The fourth-order valence-electron chi connectivity index (χ4n) is 3.30. The number of carbonyl (C=O) groups is 2. The lowest BCUT2D eigenvalue weighted by Crippen LogP contribution is -2.28. The van der Waals surface area contributed by atoms with Gasteiger partial charge in [0.05, 0.1) is 26.5 Å².